The molecule has 0 amide bonds. The molecule has 2 N–H and O–H groups in total. The van der Waals surface area contributed by atoms with Gasteiger partial charge in [-0.2, -0.15) is 5.10 Å². The van der Waals surface area contributed by atoms with Crippen LogP contribution in [0.3, 0.4) is 0 Å². The Balaban J connectivity index is 2.09. The molecule has 0 bridgehead atoms. The van der Waals surface area contributed by atoms with Crippen LogP contribution in [0.2, 0.25) is 0 Å². The van der Waals surface area contributed by atoms with Gasteiger partial charge in [-0.05, 0) is 13.8 Å². The van der Waals surface area contributed by atoms with Gasteiger partial charge >= 0.3 is 0 Å². The molecule has 0 spiro atoms. The molecule has 78 valence electrons. The third-order valence-corrected chi connectivity index (χ3v) is 2.01. The summed E-state index contributed by atoms with van der Waals surface area (Å²) in [5.41, 5.74) is 0.928. The summed E-state index contributed by atoms with van der Waals surface area (Å²) in [4.78, 5) is 12.2. The van der Waals surface area contributed by atoms with Gasteiger partial charge in [-0.3, -0.25) is 5.10 Å². The zero-order valence-electron chi connectivity index (χ0n) is 8.60. The maximum Gasteiger partial charge on any atom is 0.146 e. The molecule has 0 aromatic carbocycles. The first kappa shape index (κ1) is 9.57. The van der Waals surface area contributed by atoms with Crippen LogP contribution in [0.15, 0.2) is 18.7 Å². The molecule has 15 heavy (non-hydrogen) atoms. The molecule has 0 aliphatic heterocycles. The molecule has 1 atom stereocenters. The van der Waals surface area contributed by atoms with E-state index in [2.05, 4.69) is 30.5 Å². The highest BCUT2D eigenvalue weighted by atomic mass is 15.2. The smallest absolute Gasteiger partial charge is 0.146 e. The maximum atomic E-state index is 4.11. The lowest BCUT2D eigenvalue weighted by molar-refractivity contribution is 0.788. The molecule has 0 saturated carbocycles. The second-order valence-corrected chi connectivity index (χ2v) is 3.28. The molecule has 0 aliphatic rings. The van der Waals surface area contributed by atoms with Gasteiger partial charge in [0.15, 0.2) is 0 Å². The Bertz CT molecular complexity index is 424. The molecule has 0 radical (unpaired) electrons. The summed E-state index contributed by atoms with van der Waals surface area (Å²) in [6, 6.07) is 1.93. The third-order valence-electron chi connectivity index (χ3n) is 2.01. The summed E-state index contributed by atoms with van der Waals surface area (Å²) in [7, 11) is 0. The van der Waals surface area contributed by atoms with Gasteiger partial charge in [0.2, 0.25) is 0 Å². The number of rotatable bonds is 3. The highest BCUT2D eigenvalue weighted by Crippen LogP contribution is 2.13. The average molecular weight is 204 g/mol. The number of aryl methyl sites for hydroxylation is 1. The fourth-order valence-corrected chi connectivity index (χ4v) is 1.25. The normalized spacial score (nSPS) is 12.4. The van der Waals surface area contributed by atoms with Crippen LogP contribution < -0.4 is 5.32 Å². The van der Waals surface area contributed by atoms with Crippen molar-refractivity contribution in [3.8, 4) is 0 Å². The van der Waals surface area contributed by atoms with Gasteiger partial charge in [0.25, 0.3) is 0 Å². The van der Waals surface area contributed by atoms with Crippen molar-refractivity contribution in [2.24, 2.45) is 0 Å². The molecular weight excluding hydrogens is 192 g/mol. The summed E-state index contributed by atoms with van der Waals surface area (Å²) in [5, 5.41) is 9.80. The Hall–Kier alpha value is -1.98. The first-order chi connectivity index (χ1) is 7.25. The Morgan fingerprint density at radius 2 is 2.13 bits per heavy atom. The Morgan fingerprint density at radius 3 is 2.80 bits per heavy atom. The van der Waals surface area contributed by atoms with Crippen LogP contribution in [-0.4, -0.2) is 25.1 Å². The van der Waals surface area contributed by atoms with Crippen LogP contribution in [-0.2, 0) is 0 Å². The number of nitrogens with one attached hydrogen (secondary N) is 2. The van der Waals surface area contributed by atoms with E-state index in [1.807, 2.05) is 19.9 Å². The van der Waals surface area contributed by atoms with Crippen LogP contribution in [0.5, 0.6) is 0 Å². The van der Waals surface area contributed by atoms with E-state index >= 15 is 0 Å². The fourth-order valence-electron chi connectivity index (χ4n) is 1.25. The first-order valence-corrected chi connectivity index (χ1v) is 4.66. The monoisotopic (exact) mass is 204 g/mol. The van der Waals surface area contributed by atoms with Crippen LogP contribution in [0, 0.1) is 6.92 Å². The summed E-state index contributed by atoms with van der Waals surface area (Å²) < 4.78 is 0. The number of anilines is 1. The van der Waals surface area contributed by atoms with Gasteiger partial charge in [0.05, 0.1) is 6.04 Å². The fraction of sp³-hybridized carbons (Fsp3) is 0.333. The van der Waals surface area contributed by atoms with Gasteiger partial charge in [-0.25, -0.2) is 15.0 Å². The molecule has 2 aromatic heterocycles. The van der Waals surface area contributed by atoms with Crippen molar-refractivity contribution < 1.29 is 0 Å². The van der Waals surface area contributed by atoms with E-state index in [1.54, 1.807) is 0 Å². The van der Waals surface area contributed by atoms with Crippen molar-refractivity contribution in [3.63, 3.8) is 0 Å². The number of aromatic nitrogens is 5. The molecule has 2 rings (SSSR count). The lowest BCUT2D eigenvalue weighted by atomic mass is 10.3. The second kappa shape index (κ2) is 4.04. The minimum atomic E-state index is 0.0433. The van der Waals surface area contributed by atoms with Crippen molar-refractivity contribution in [1.82, 2.24) is 25.1 Å². The number of nitrogens with zero attached hydrogens (tertiary/aromatic N) is 4. The molecule has 0 saturated heterocycles. The molecule has 6 nitrogen and oxygen atoms in total. The van der Waals surface area contributed by atoms with Gasteiger partial charge in [-0.15, -0.1) is 0 Å². The standard InChI is InChI=1S/C9H12N6/c1-6-3-8(11-4-10-6)14-7(2)9-12-5-13-15-9/h3-5,7H,1-2H3,(H,10,11,14)(H,12,13,15). The van der Waals surface area contributed by atoms with E-state index in [0.717, 1.165) is 17.3 Å². The number of aromatic amines is 1. The van der Waals surface area contributed by atoms with E-state index in [9.17, 15) is 0 Å². The van der Waals surface area contributed by atoms with Crippen molar-refractivity contribution >= 4 is 5.82 Å². The zero-order chi connectivity index (χ0) is 10.7. The van der Waals surface area contributed by atoms with E-state index in [1.165, 1.54) is 12.7 Å². The highest BCUT2D eigenvalue weighted by molar-refractivity contribution is 5.36. The van der Waals surface area contributed by atoms with Crippen molar-refractivity contribution in [2.75, 3.05) is 5.32 Å². The minimum absolute atomic E-state index is 0.0433. The summed E-state index contributed by atoms with van der Waals surface area (Å²) in [6.07, 6.45) is 3.02. The lowest BCUT2D eigenvalue weighted by Crippen LogP contribution is -2.09. The molecule has 0 fully saturated rings. The van der Waals surface area contributed by atoms with Crippen molar-refractivity contribution in [2.45, 2.75) is 19.9 Å². The van der Waals surface area contributed by atoms with Gasteiger partial charge in [-0.1, -0.05) is 0 Å². The molecule has 2 heterocycles. The van der Waals surface area contributed by atoms with Gasteiger partial charge < -0.3 is 5.32 Å². The van der Waals surface area contributed by atoms with E-state index in [4.69, 9.17) is 0 Å². The largest absolute Gasteiger partial charge is 0.360 e. The van der Waals surface area contributed by atoms with E-state index in [0.29, 0.717) is 0 Å². The zero-order valence-corrected chi connectivity index (χ0v) is 8.60. The van der Waals surface area contributed by atoms with E-state index < -0.39 is 0 Å². The maximum absolute atomic E-state index is 4.11. The van der Waals surface area contributed by atoms with Gasteiger partial charge in [0, 0.05) is 11.8 Å². The SMILES string of the molecule is Cc1cc(NC(C)c2ncn[nH]2)ncn1. The predicted molar refractivity (Wildman–Crippen MR) is 55.2 cm³/mol. The van der Waals surface area contributed by atoms with Crippen molar-refractivity contribution in [3.05, 3.63) is 30.2 Å². The summed E-state index contributed by atoms with van der Waals surface area (Å²) in [5.74, 6) is 1.57. The van der Waals surface area contributed by atoms with Crippen LogP contribution in [0.4, 0.5) is 5.82 Å². The molecule has 1 unspecified atom stereocenters. The lowest BCUT2D eigenvalue weighted by Gasteiger charge is -2.11. The quantitative estimate of drug-likeness (QED) is 0.782. The summed E-state index contributed by atoms with van der Waals surface area (Å²) >= 11 is 0. The predicted octanol–water partition coefficient (Wildman–Crippen LogP) is 1.08. The second-order valence-electron chi connectivity index (χ2n) is 3.28. The summed E-state index contributed by atoms with van der Waals surface area (Å²) in [6.45, 7) is 3.91. The van der Waals surface area contributed by atoms with Crippen LogP contribution >= 0.6 is 0 Å². The first-order valence-electron chi connectivity index (χ1n) is 4.66. The number of hydrogen-bond donors (Lipinski definition) is 2. The molecular formula is C9H12N6. The number of hydrogen-bond acceptors (Lipinski definition) is 5. The highest BCUT2D eigenvalue weighted by Gasteiger charge is 2.08. The minimum Gasteiger partial charge on any atom is -0.360 e. The Labute approximate surface area is 87.2 Å². The average Bonchev–Trinajstić information content (AvgIpc) is 2.70. The van der Waals surface area contributed by atoms with Crippen LogP contribution in [0.1, 0.15) is 24.5 Å². The molecule has 0 aliphatic carbocycles. The van der Waals surface area contributed by atoms with Crippen molar-refractivity contribution in [1.29, 1.82) is 0 Å². The number of H-pyrrole nitrogens is 1. The van der Waals surface area contributed by atoms with Crippen LogP contribution in [0.25, 0.3) is 0 Å². The van der Waals surface area contributed by atoms with E-state index in [-0.39, 0.29) is 6.04 Å². The molecule has 2 aromatic rings. The Kier molecular flexibility index (Phi) is 2.57. The van der Waals surface area contributed by atoms with Gasteiger partial charge in [0.1, 0.15) is 24.3 Å². The molecule has 6 heteroatoms. The Morgan fingerprint density at radius 1 is 1.27 bits per heavy atom. The topological polar surface area (TPSA) is 79.4 Å². The third kappa shape index (κ3) is 2.28.